The molecule has 0 amide bonds. The van der Waals surface area contributed by atoms with Crippen molar-refractivity contribution in [1.29, 1.82) is 0 Å². The van der Waals surface area contributed by atoms with Gasteiger partial charge in [0.2, 0.25) is 0 Å². The van der Waals surface area contributed by atoms with E-state index in [0.717, 1.165) is 22.5 Å². The molecule has 3 heteroatoms. The Hall–Kier alpha value is -1.61. The van der Waals surface area contributed by atoms with Crippen molar-refractivity contribution in [3.63, 3.8) is 0 Å². The van der Waals surface area contributed by atoms with Gasteiger partial charge in [-0.05, 0) is 43.5 Å². The second-order valence-corrected chi connectivity index (χ2v) is 4.73. The summed E-state index contributed by atoms with van der Waals surface area (Å²) in [6.45, 7) is 5.96. The number of H-pyrrole nitrogens is 1. The monoisotopic (exact) mass is 247 g/mol. The van der Waals surface area contributed by atoms with Crippen molar-refractivity contribution in [3.05, 3.63) is 58.2 Å². The molecule has 0 aliphatic heterocycles. The number of aliphatic hydroxyl groups is 1. The summed E-state index contributed by atoms with van der Waals surface area (Å²) in [7, 11) is 0. The maximum atomic E-state index is 13.5. The third kappa shape index (κ3) is 2.31. The van der Waals surface area contributed by atoms with E-state index in [9.17, 15) is 9.50 Å². The van der Waals surface area contributed by atoms with E-state index >= 15 is 0 Å². The van der Waals surface area contributed by atoms with Crippen LogP contribution in [-0.4, -0.2) is 10.1 Å². The SMILES string of the molecule is Cc1[nH]c(C(O)Cc2ccccc2F)c(C)c1C. The van der Waals surface area contributed by atoms with Gasteiger partial charge >= 0.3 is 0 Å². The highest BCUT2D eigenvalue weighted by Crippen LogP contribution is 2.25. The summed E-state index contributed by atoms with van der Waals surface area (Å²) in [5, 5.41) is 10.2. The maximum Gasteiger partial charge on any atom is 0.126 e. The highest BCUT2D eigenvalue weighted by atomic mass is 19.1. The lowest BCUT2D eigenvalue weighted by molar-refractivity contribution is 0.172. The summed E-state index contributed by atoms with van der Waals surface area (Å²) in [4.78, 5) is 3.18. The van der Waals surface area contributed by atoms with Crippen LogP contribution < -0.4 is 0 Å². The van der Waals surface area contributed by atoms with E-state index in [1.807, 2.05) is 20.8 Å². The van der Waals surface area contributed by atoms with Crippen molar-refractivity contribution in [3.8, 4) is 0 Å². The predicted octanol–water partition coefficient (Wildman–Crippen LogP) is 3.36. The zero-order valence-electron chi connectivity index (χ0n) is 10.9. The fourth-order valence-electron chi connectivity index (χ4n) is 2.18. The van der Waals surface area contributed by atoms with Crippen LogP contribution in [0.4, 0.5) is 4.39 Å². The van der Waals surface area contributed by atoms with Crippen LogP contribution in [0.5, 0.6) is 0 Å². The number of aliphatic hydroxyl groups excluding tert-OH is 1. The second kappa shape index (κ2) is 4.94. The number of hydrogen-bond donors (Lipinski definition) is 2. The van der Waals surface area contributed by atoms with E-state index < -0.39 is 6.10 Å². The van der Waals surface area contributed by atoms with E-state index in [2.05, 4.69) is 4.98 Å². The summed E-state index contributed by atoms with van der Waals surface area (Å²) in [6.07, 6.45) is -0.415. The zero-order chi connectivity index (χ0) is 13.3. The Kier molecular flexibility index (Phi) is 3.53. The fourth-order valence-corrected chi connectivity index (χ4v) is 2.18. The fraction of sp³-hybridized carbons (Fsp3) is 0.333. The molecule has 1 heterocycles. The Balaban J connectivity index is 2.25. The zero-order valence-corrected chi connectivity index (χ0v) is 10.9. The average Bonchev–Trinajstić information content (AvgIpc) is 2.60. The minimum atomic E-state index is -0.700. The number of hydrogen-bond acceptors (Lipinski definition) is 1. The Bertz CT molecular complexity index is 560. The lowest BCUT2D eigenvalue weighted by Gasteiger charge is -2.11. The van der Waals surface area contributed by atoms with Crippen molar-refractivity contribution < 1.29 is 9.50 Å². The minimum absolute atomic E-state index is 0.269. The van der Waals surface area contributed by atoms with Crippen LogP contribution in [-0.2, 0) is 6.42 Å². The number of aromatic amines is 1. The van der Waals surface area contributed by atoms with Gasteiger partial charge in [-0.2, -0.15) is 0 Å². The van der Waals surface area contributed by atoms with Crippen molar-refractivity contribution in [2.75, 3.05) is 0 Å². The lowest BCUT2D eigenvalue weighted by atomic mass is 10.0. The smallest absolute Gasteiger partial charge is 0.126 e. The maximum absolute atomic E-state index is 13.5. The van der Waals surface area contributed by atoms with Gasteiger partial charge in [-0.3, -0.25) is 0 Å². The molecule has 2 nitrogen and oxygen atoms in total. The standard InChI is InChI=1S/C15H18FNO/c1-9-10(2)15(17-11(9)3)14(18)8-12-6-4-5-7-13(12)16/h4-7,14,17-18H,8H2,1-3H3. The number of nitrogens with one attached hydrogen (secondary N) is 1. The molecule has 96 valence electrons. The van der Waals surface area contributed by atoms with E-state index in [1.165, 1.54) is 6.07 Å². The molecule has 0 radical (unpaired) electrons. The molecule has 2 aromatic rings. The second-order valence-electron chi connectivity index (χ2n) is 4.73. The number of benzene rings is 1. The van der Waals surface area contributed by atoms with Crippen molar-refractivity contribution in [2.45, 2.75) is 33.3 Å². The number of aromatic nitrogens is 1. The van der Waals surface area contributed by atoms with Crippen molar-refractivity contribution in [1.82, 2.24) is 4.98 Å². The van der Waals surface area contributed by atoms with Gasteiger partial charge in [0.25, 0.3) is 0 Å². The van der Waals surface area contributed by atoms with Crippen LogP contribution in [0.2, 0.25) is 0 Å². The first-order valence-corrected chi connectivity index (χ1v) is 6.08. The largest absolute Gasteiger partial charge is 0.387 e. The van der Waals surface area contributed by atoms with Gasteiger partial charge in [0, 0.05) is 17.8 Å². The number of rotatable bonds is 3. The summed E-state index contributed by atoms with van der Waals surface area (Å²) in [5.74, 6) is -0.269. The first-order chi connectivity index (χ1) is 8.50. The molecule has 1 unspecified atom stereocenters. The molecule has 2 rings (SSSR count). The van der Waals surface area contributed by atoms with Crippen molar-refractivity contribution in [2.24, 2.45) is 0 Å². The Labute approximate surface area is 106 Å². The highest BCUT2D eigenvalue weighted by molar-refractivity contribution is 5.36. The molecule has 0 bridgehead atoms. The first-order valence-electron chi connectivity index (χ1n) is 6.08. The first kappa shape index (κ1) is 12.8. The topological polar surface area (TPSA) is 36.0 Å². The van der Waals surface area contributed by atoms with Gasteiger partial charge < -0.3 is 10.1 Å². The average molecular weight is 247 g/mol. The normalized spacial score (nSPS) is 12.7. The molecular weight excluding hydrogens is 229 g/mol. The molecular formula is C15H18FNO. The Morgan fingerprint density at radius 3 is 2.39 bits per heavy atom. The highest BCUT2D eigenvalue weighted by Gasteiger charge is 2.17. The van der Waals surface area contributed by atoms with Crippen LogP contribution in [0.1, 0.15) is 34.2 Å². The van der Waals surface area contributed by atoms with Crippen LogP contribution in [0.25, 0.3) is 0 Å². The third-order valence-electron chi connectivity index (χ3n) is 3.56. The molecule has 0 aliphatic carbocycles. The van der Waals surface area contributed by atoms with Gasteiger partial charge in [-0.1, -0.05) is 18.2 Å². The van der Waals surface area contributed by atoms with Gasteiger partial charge in [0.15, 0.2) is 0 Å². The predicted molar refractivity (Wildman–Crippen MR) is 70.1 cm³/mol. The molecule has 1 aromatic heterocycles. The van der Waals surface area contributed by atoms with E-state index in [0.29, 0.717) is 5.56 Å². The molecule has 2 N–H and O–H groups in total. The van der Waals surface area contributed by atoms with Gasteiger partial charge in [0.05, 0.1) is 6.10 Å². The molecule has 0 spiro atoms. The molecule has 1 aromatic carbocycles. The minimum Gasteiger partial charge on any atom is -0.387 e. The van der Waals surface area contributed by atoms with Crippen LogP contribution in [0.3, 0.4) is 0 Å². The van der Waals surface area contributed by atoms with Crippen LogP contribution >= 0.6 is 0 Å². The summed E-state index contributed by atoms with van der Waals surface area (Å²) in [6, 6.07) is 6.55. The Morgan fingerprint density at radius 1 is 1.17 bits per heavy atom. The van der Waals surface area contributed by atoms with E-state index in [4.69, 9.17) is 0 Å². The molecule has 0 saturated heterocycles. The molecule has 0 aliphatic rings. The molecule has 0 saturated carbocycles. The summed E-state index contributed by atoms with van der Waals surface area (Å²) < 4.78 is 13.5. The lowest BCUT2D eigenvalue weighted by Crippen LogP contribution is -2.05. The van der Waals surface area contributed by atoms with Crippen LogP contribution in [0, 0.1) is 26.6 Å². The quantitative estimate of drug-likeness (QED) is 0.857. The van der Waals surface area contributed by atoms with E-state index in [1.54, 1.807) is 18.2 Å². The third-order valence-corrected chi connectivity index (χ3v) is 3.56. The van der Waals surface area contributed by atoms with Gasteiger partial charge in [0.1, 0.15) is 5.82 Å². The Morgan fingerprint density at radius 2 is 1.83 bits per heavy atom. The van der Waals surface area contributed by atoms with Gasteiger partial charge in [-0.25, -0.2) is 4.39 Å². The van der Waals surface area contributed by atoms with Crippen LogP contribution in [0.15, 0.2) is 24.3 Å². The summed E-state index contributed by atoms with van der Waals surface area (Å²) >= 11 is 0. The van der Waals surface area contributed by atoms with Crippen molar-refractivity contribution >= 4 is 0 Å². The number of aryl methyl sites for hydroxylation is 1. The molecule has 1 atom stereocenters. The molecule has 0 fully saturated rings. The summed E-state index contributed by atoms with van der Waals surface area (Å²) in [5.41, 5.74) is 4.58. The van der Waals surface area contributed by atoms with Gasteiger partial charge in [-0.15, -0.1) is 0 Å². The van der Waals surface area contributed by atoms with E-state index in [-0.39, 0.29) is 12.2 Å². The molecule has 18 heavy (non-hydrogen) atoms. The number of halogens is 1.